The van der Waals surface area contributed by atoms with E-state index in [9.17, 15) is 0 Å². The first-order valence-electron chi connectivity index (χ1n) is 19.3. The van der Waals surface area contributed by atoms with Crippen LogP contribution in [-0.4, -0.2) is 19.3 Å². The Labute approximate surface area is 310 Å². The number of aromatic nitrogens is 4. The summed E-state index contributed by atoms with van der Waals surface area (Å²) in [6.07, 6.45) is 10.0. The molecule has 0 saturated heterocycles. The van der Waals surface area contributed by atoms with Gasteiger partial charge in [0.1, 0.15) is 17.3 Å². The van der Waals surface area contributed by atoms with Crippen molar-refractivity contribution in [2.45, 2.75) is 118 Å². The van der Waals surface area contributed by atoms with Gasteiger partial charge in [-0.15, -0.1) is 0 Å². The predicted molar refractivity (Wildman–Crippen MR) is 218 cm³/mol. The van der Waals surface area contributed by atoms with Gasteiger partial charge in [0, 0.05) is 46.3 Å². The summed E-state index contributed by atoms with van der Waals surface area (Å²) in [6.45, 7) is 22.8. The molecule has 0 radical (unpaired) electrons. The molecule has 52 heavy (non-hydrogen) atoms. The number of hydrogen-bond acceptors (Lipinski definition) is 3. The zero-order valence-electron chi connectivity index (χ0n) is 33.0. The van der Waals surface area contributed by atoms with Gasteiger partial charge in [0.15, 0.2) is 0 Å². The van der Waals surface area contributed by atoms with Crippen molar-refractivity contribution in [1.29, 1.82) is 0 Å². The molecule has 0 aliphatic heterocycles. The van der Waals surface area contributed by atoms with Crippen LogP contribution in [0.5, 0.6) is 11.5 Å². The molecule has 5 nitrogen and oxygen atoms in total. The highest BCUT2D eigenvalue weighted by atomic mass is 16.5. The maximum Gasteiger partial charge on any atom is 0.137 e. The van der Waals surface area contributed by atoms with Gasteiger partial charge in [-0.05, 0) is 110 Å². The fourth-order valence-corrected chi connectivity index (χ4v) is 8.22. The first-order chi connectivity index (χ1) is 24.7. The number of fused-ring (bicyclic) bond motifs is 3. The first-order valence-corrected chi connectivity index (χ1v) is 19.3. The summed E-state index contributed by atoms with van der Waals surface area (Å²) in [7, 11) is 0. The lowest BCUT2D eigenvalue weighted by atomic mass is 9.75. The van der Waals surface area contributed by atoms with E-state index < -0.39 is 0 Å². The van der Waals surface area contributed by atoms with E-state index in [1.165, 1.54) is 51.6 Å². The van der Waals surface area contributed by atoms with E-state index in [2.05, 4.69) is 157 Å². The van der Waals surface area contributed by atoms with Crippen LogP contribution in [-0.2, 0) is 17.3 Å². The number of benzene rings is 3. The predicted octanol–water partition coefficient (Wildman–Crippen LogP) is 12.9. The van der Waals surface area contributed by atoms with E-state index >= 15 is 0 Å². The molecule has 7 rings (SSSR count). The van der Waals surface area contributed by atoms with Crippen molar-refractivity contribution in [2.24, 2.45) is 5.92 Å². The maximum atomic E-state index is 6.87. The van der Waals surface area contributed by atoms with Crippen molar-refractivity contribution >= 4 is 21.8 Å². The Hall–Kier alpha value is -4.64. The number of ether oxygens (including phenoxy) is 1. The SMILES string of the molecule is CCCCc1c(C2C(C)=CCC[C@@H]2C)c(C)nn1-c1cc(Oc2ccc3c4ccccc4n(-c4cc(C(C)(C)C)ccn4)c3c2)cc(C(C)(C)C)c1. The van der Waals surface area contributed by atoms with E-state index in [4.69, 9.17) is 14.8 Å². The second-order valence-corrected chi connectivity index (χ2v) is 17.2. The molecule has 0 N–H and O–H groups in total. The van der Waals surface area contributed by atoms with Gasteiger partial charge in [-0.3, -0.25) is 4.57 Å². The molecule has 270 valence electrons. The number of unbranched alkanes of at least 4 members (excludes halogenated alkanes) is 1. The molecule has 0 saturated carbocycles. The third kappa shape index (κ3) is 6.71. The molecule has 1 aliphatic rings. The van der Waals surface area contributed by atoms with Crippen molar-refractivity contribution in [1.82, 2.24) is 19.3 Å². The molecular formula is C47H56N4O. The van der Waals surface area contributed by atoms with Gasteiger partial charge in [0.2, 0.25) is 0 Å². The van der Waals surface area contributed by atoms with Gasteiger partial charge < -0.3 is 4.74 Å². The van der Waals surface area contributed by atoms with Gasteiger partial charge in [-0.25, -0.2) is 9.67 Å². The van der Waals surface area contributed by atoms with Crippen molar-refractivity contribution in [3.8, 4) is 23.0 Å². The zero-order valence-corrected chi connectivity index (χ0v) is 33.0. The molecule has 6 aromatic rings. The zero-order chi connectivity index (χ0) is 36.9. The average molecular weight is 693 g/mol. The molecule has 2 atom stereocenters. The molecule has 1 aliphatic carbocycles. The molecule has 3 aromatic carbocycles. The summed E-state index contributed by atoms with van der Waals surface area (Å²) < 4.78 is 11.4. The van der Waals surface area contributed by atoms with Crippen LogP contribution in [0, 0.1) is 12.8 Å². The number of hydrogen-bond donors (Lipinski definition) is 0. The first kappa shape index (κ1) is 35.7. The molecule has 3 aromatic heterocycles. The second kappa shape index (κ2) is 13.7. The van der Waals surface area contributed by atoms with Crippen LogP contribution >= 0.6 is 0 Å². The monoisotopic (exact) mass is 692 g/mol. The van der Waals surface area contributed by atoms with Crippen molar-refractivity contribution in [2.75, 3.05) is 0 Å². The number of pyridine rings is 1. The van der Waals surface area contributed by atoms with Gasteiger partial charge in [0.05, 0.1) is 22.4 Å². The highest BCUT2D eigenvalue weighted by molar-refractivity contribution is 6.09. The standard InChI is InChI=1S/C47H56N4O/c1-11-12-19-41-45(44-30(2)16-15-17-31(44)3)32(4)49-51(41)35-25-34(47(8,9)10)26-37(28-35)52-36-21-22-39-38-18-13-14-20-40(38)50(42(39)29-36)43-27-33(23-24-48-43)46(5,6)7/h13-14,16,18,20-29,31,44H,11-12,15,17,19H2,1-10H3/t31-,44?/m0/s1. The van der Waals surface area contributed by atoms with Crippen LogP contribution in [0.1, 0.15) is 122 Å². The Bertz CT molecular complexity index is 2290. The lowest BCUT2D eigenvalue weighted by molar-refractivity contribution is 0.446. The minimum atomic E-state index is -0.0833. The molecule has 3 heterocycles. The van der Waals surface area contributed by atoms with Crippen LogP contribution in [0.25, 0.3) is 33.3 Å². The van der Waals surface area contributed by atoms with Crippen LogP contribution in [0.2, 0.25) is 0 Å². The Kier molecular flexibility index (Phi) is 9.44. The molecule has 0 amide bonds. The Morgan fingerprint density at radius 3 is 2.29 bits per heavy atom. The summed E-state index contributed by atoms with van der Waals surface area (Å²) in [4.78, 5) is 4.88. The van der Waals surface area contributed by atoms with Crippen LogP contribution in [0.4, 0.5) is 0 Å². The summed E-state index contributed by atoms with van der Waals surface area (Å²) >= 11 is 0. The Balaban J connectivity index is 1.36. The van der Waals surface area contributed by atoms with E-state index in [1.54, 1.807) is 0 Å². The van der Waals surface area contributed by atoms with E-state index in [0.29, 0.717) is 11.8 Å². The number of aryl methyl sites for hydroxylation is 1. The fourth-order valence-electron chi connectivity index (χ4n) is 8.22. The molecular weight excluding hydrogens is 637 g/mol. The highest BCUT2D eigenvalue weighted by Crippen LogP contribution is 2.43. The van der Waals surface area contributed by atoms with Crippen LogP contribution < -0.4 is 4.74 Å². The van der Waals surface area contributed by atoms with E-state index in [1.807, 2.05) is 6.20 Å². The van der Waals surface area contributed by atoms with Gasteiger partial charge in [-0.2, -0.15) is 5.10 Å². The summed E-state index contributed by atoms with van der Waals surface area (Å²) in [5, 5.41) is 7.68. The van der Waals surface area contributed by atoms with Gasteiger partial charge in [-0.1, -0.05) is 91.7 Å². The maximum absolute atomic E-state index is 6.87. The third-order valence-corrected chi connectivity index (χ3v) is 11.2. The summed E-state index contributed by atoms with van der Waals surface area (Å²) in [6, 6.07) is 26.1. The van der Waals surface area contributed by atoms with E-state index in [0.717, 1.165) is 59.0 Å². The Morgan fingerprint density at radius 1 is 0.808 bits per heavy atom. The number of rotatable bonds is 8. The highest BCUT2D eigenvalue weighted by Gasteiger charge is 2.31. The largest absolute Gasteiger partial charge is 0.457 e. The van der Waals surface area contributed by atoms with Crippen LogP contribution in [0.3, 0.4) is 0 Å². The number of para-hydroxylation sites is 1. The van der Waals surface area contributed by atoms with Crippen molar-refractivity contribution in [3.63, 3.8) is 0 Å². The lowest BCUT2D eigenvalue weighted by Gasteiger charge is -2.30. The quantitative estimate of drug-likeness (QED) is 0.149. The molecule has 1 unspecified atom stereocenters. The lowest BCUT2D eigenvalue weighted by Crippen LogP contribution is -2.17. The normalized spacial score (nSPS) is 16.8. The molecule has 0 spiro atoms. The molecule has 0 bridgehead atoms. The van der Waals surface area contributed by atoms with Crippen molar-refractivity contribution in [3.05, 3.63) is 119 Å². The van der Waals surface area contributed by atoms with E-state index in [-0.39, 0.29) is 10.8 Å². The minimum absolute atomic E-state index is 0.00889. The summed E-state index contributed by atoms with van der Waals surface area (Å²) in [5.41, 5.74) is 11.1. The fraction of sp³-hybridized carbons (Fsp3) is 0.404. The average Bonchev–Trinajstić information content (AvgIpc) is 3.60. The smallest absolute Gasteiger partial charge is 0.137 e. The molecule has 0 fully saturated rings. The topological polar surface area (TPSA) is 44.9 Å². The minimum Gasteiger partial charge on any atom is -0.457 e. The molecule has 5 heteroatoms. The summed E-state index contributed by atoms with van der Waals surface area (Å²) in [5.74, 6) is 3.53. The number of nitrogens with zero attached hydrogens (tertiary/aromatic N) is 4. The second-order valence-electron chi connectivity index (χ2n) is 17.2. The number of allylic oxidation sites excluding steroid dienone is 2. The Morgan fingerprint density at radius 2 is 1.56 bits per heavy atom. The van der Waals surface area contributed by atoms with Crippen molar-refractivity contribution < 1.29 is 4.74 Å². The van der Waals surface area contributed by atoms with Gasteiger partial charge in [0.25, 0.3) is 0 Å². The van der Waals surface area contributed by atoms with Crippen LogP contribution in [0.15, 0.2) is 90.6 Å². The van der Waals surface area contributed by atoms with Gasteiger partial charge >= 0.3 is 0 Å². The third-order valence-electron chi connectivity index (χ3n) is 11.2.